The van der Waals surface area contributed by atoms with Crippen LogP contribution in [0.5, 0.6) is 0 Å². The average molecular weight is 333 g/mol. The van der Waals surface area contributed by atoms with Gasteiger partial charge in [-0.25, -0.2) is 4.57 Å². The van der Waals surface area contributed by atoms with Crippen molar-refractivity contribution in [2.24, 2.45) is 12.5 Å². The van der Waals surface area contributed by atoms with Crippen molar-refractivity contribution < 1.29 is 7.31 Å². The van der Waals surface area contributed by atoms with Gasteiger partial charge in [-0.15, -0.1) is 0 Å². The maximum atomic E-state index is 8.43. The predicted molar refractivity (Wildman–Crippen MR) is 106 cm³/mol. The SMILES string of the molecule is [2H]C([2H])(c1ccc(-c2ccc(-c3ccccc3C)[n+](C)c2)cc1)C(C)(C)C. The van der Waals surface area contributed by atoms with Crippen LogP contribution in [0, 0.1) is 12.3 Å². The van der Waals surface area contributed by atoms with E-state index in [1.54, 1.807) is 0 Å². The summed E-state index contributed by atoms with van der Waals surface area (Å²) in [5.41, 5.74) is 6.16. The Bertz CT molecular complexity index is 951. The number of nitrogens with zero attached hydrogens (tertiary/aromatic N) is 1. The van der Waals surface area contributed by atoms with Crippen molar-refractivity contribution in [2.45, 2.75) is 34.1 Å². The van der Waals surface area contributed by atoms with Crippen molar-refractivity contribution in [3.63, 3.8) is 0 Å². The molecule has 3 rings (SSSR count). The molecule has 0 N–H and O–H groups in total. The van der Waals surface area contributed by atoms with Crippen LogP contribution in [0.1, 0.15) is 34.6 Å². The number of benzene rings is 2. The van der Waals surface area contributed by atoms with Crippen LogP contribution in [-0.4, -0.2) is 0 Å². The van der Waals surface area contributed by atoms with Gasteiger partial charge in [0.25, 0.3) is 0 Å². The van der Waals surface area contributed by atoms with E-state index in [-0.39, 0.29) is 0 Å². The summed E-state index contributed by atoms with van der Waals surface area (Å²) < 4.78 is 19.0. The second-order valence-corrected chi connectivity index (χ2v) is 7.68. The molecule has 1 aromatic heterocycles. The zero-order valence-corrected chi connectivity index (χ0v) is 15.8. The summed E-state index contributed by atoms with van der Waals surface area (Å²) in [7, 11) is 2.07. The molecule has 0 radical (unpaired) electrons. The summed E-state index contributed by atoms with van der Waals surface area (Å²) in [6, 6.07) is 20.5. The summed E-state index contributed by atoms with van der Waals surface area (Å²) in [6.45, 7) is 7.94. The lowest BCUT2D eigenvalue weighted by Crippen LogP contribution is -2.30. The minimum Gasteiger partial charge on any atom is -0.200 e. The van der Waals surface area contributed by atoms with E-state index in [1.165, 1.54) is 16.8 Å². The highest BCUT2D eigenvalue weighted by atomic mass is 14.9. The van der Waals surface area contributed by atoms with Crippen LogP contribution in [0.4, 0.5) is 0 Å². The molecular weight excluding hydrogens is 302 g/mol. The summed E-state index contributed by atoms with van der Waals surface area (Å²) in [5, 5.41) is 0. The molecule has 2 aromatic carbocycles. The molecule has 3 aromatic rings. The van der Waals surface area contributed by atoms with Gasteiger partial charge in [-0.3, -0.25) is 0 Å². The van der Waals surface area contributed by atoms with Gasteiger partial charge in [0.1, 0.15) is 7.05 Å². The number of rotatable bonds is 3. The Labute approximate surface area is 154 Å². The lowest BCUT2D eigenvalue weighted by Gasteiger charge is -2.18. The van der Waals surface area contributed by atoms with E-state index in [9.17, 15) is 0 Å². The highest BCUT2D eigenvalue weighted by Crippen LogP contribution is 2.25. The number of hydrogen-bond acceptors (Lipinski definition) is 0. The minimum atomic E-state index is -1.37. The third-order valence-corrected chi connectivity index (χ3v) is 4.29. The molecule has 0 aliphatic rings. The normalized spacial score (nSPS) is 13.3. The van der Waals surface area contributed by atoms with E-state index < -0.39 is 11.8 Å². The summed E-state index contributed by atoms with van der Waals surface area (Å²) >= 11 is 0. The molecular formula is C24H28N+. The number of aromatic nitrogens is 1. The molecule has 0 bridgehead atoms. The van der Waals surface area contributed by atoms with Crippen molar-refractivity contribution in [2.75, 3.05) is 0 Å². The topological polar surface area (TPSA) is 3.88 Å². The lowest BCUT2D eigenvalue weighted by molar-refractivity contribution is -0.659. The molecule has 1 heteroatoms. The largest absolute Gasteiger partial charge is 0.212 e. The van der Waals surface area contributed by atoms with E-state index in [0.717, 1.165) is 16.7 Å². The van der Waals surface area contributed by atoms with Crippen molar-refractivity contribution in [1.29, 1.82) is 0 Å². The van der Waals surface area contributed by atoms with E-state index in [2.05, 4.69) is 61.1 Å². The van der Waals surface area contributed by atoms with Gasteiger partial charge in [-0.05, 0) is 47.5 Å². The van der Waals surface area contributed by atoms with Crippen molar-refractivity contribution >= 4 is 0 Å². The predicted octanol–water partition coefficient (Wildman–Crippen LogP) is 5.74. The van der Waals surface area contributed by atoms with Crippen LogP contribution >= 0.6 is 0 Å². The highest BCUT2D eigenvalue weighted by molar-refractivity contribution is 5.66. The van der Waals surface area contributed by atoms with Crippen LogP contribution in [0.2, 0.25) is 0 Å². The molecule has 1 heterocycles. The fourth-order valence-electron chi connectivity index (χ4n) is 3.10. The maximum Gasteiger partial charge on any atom is 0.212 e. The minimum absolute atomic E-state index is 0.448. The molecule has 0 atom stereocenters. The fraction of sp³-hybridized carbons (Fsp3) is 0.292. The van der Waals surface area contributed by atoms with Crippen molar-refractivity contribution in [3.8, 4) is 22.4 Å². The third kappa shape index (κ3) is 4.17. The summed E-state index contributed by atoms with van der Waals surface area (Å²) in [5.74, 6) is 0. The summed E-state index contributed by atoms with van der Waals surface area (Å²) in [4.78, 5) is 0. The first-order valence-electron chi connectivity index (χ1n) is 9.78. The van der Waals surface area contributed by atoms with Crippen LogP contribution < -0.4 is 4.57 Å². The Morgan fingerprint density at radius 2 is 1.52 bits per heavy atom. The zero-order valence-electron chi connectivity index (χ0n) is 17.8. The van der Waals surface area contributed by atoms with Crippen LogP contribution in [0.3, 0.4) is 0 Å². The van der Waals surface area contributed by atoms with Gasteiger partial charge < -0.3 is 0 Å². The third-order valence-electron chi connectivity index (χ3n) is 4.29. The molecule has 128 valence electrons. The monoisotopic (exact) mass is 332 g/mol. The van der Waals surface area contributed by atoms with Gasteiger partial charge in [-0.2, -0.15) is 0 Å². The van der Waals surface area contributed by atoms with Crippen molar-refractivity contribution in [1.82, 2.24) is 0 Å². The Morgan fingerprint density at radius 1 is 0.880 bits per heavy atom. The molecule has 1 nitrogen and oxygen atoms in total. The second-order valence-electron chi connectivity index (χ2n) is 7.68. The van der Waals surface area contributed by atoms with Gasteiger partial charge in [0.05, 0.1) is 0 Å². The van der Waals surface area contributed by atoms with Crippen molar-refractivity contribution in [3.05, 3.63) is 78.0 Å². The maximum absolute atomic E-state index is 8.43. The zero-order chi connectivity index (χ0) is 19.8. The second kappa shape index (κ2) is 6.84. The molecule has 0 aliphatic heterocycles. The van der Waals surface area contributed by atoms with E-state index >= 15 is 0 Å². The Morgan fingerprint density at radius 3 is 2.12 bits per heavy atom. The Kier molecular flexibility index (Phi) is 4.07. The molecule has 0 fully saturated rings. The molecule has 0 amide bonds. The molecule has 0 spiro atoms. The quantitative estimate of drug-likeness (QED) is 0.538. The van der Waals surface area contributed by atoms with E-state index in [4.69, 9.17) is 2.74 Å². The molecule has 0 saturated heterocycles. The number of hydrogen-bond donors (Lipinski definition) is 0. The lowest BCUT2D eigenvalue weighted by atomic mass is 9.88. The average Bonchev–Trinajstić information content (AvgIpc) is 2.61. The first-order chi connectivity index (χ1) is 12.6. The smallest absolute Gasteiger partial charge is 0.200 e. The number of aryl methyl sites for hydroxylation is 2. The van der Waals surface area contributed by atoms with Gasteiger partial charge in [0, 0.05) is 19.9 Å². The molecule has 0 unspecified atom stereocenters. The highest BCUT2D eigenvalue weighted by Gasteiger charge is 2.14. The van der Waals surface area contributed by atoms with Gasteiger partial charge >= 0.3 is 0 Å². The molecule has 0 saturated carbocycles. The van der Waals surface area contributed by atoms with Crippen LogP contribution in [-0.2, 0) is 13.4 Å². The molecule has 25 heavy (non-hydrogen) atoms. The van der Waals surface area contributed by atoms with Gasteiger partial charge in [-0.1, -0.05) is 63.2 Å². The Balaban J connectivity index is 1.94. The first-order valence-corrected chi connectivity index (χ1v) is 8.78. The fourth-order valence-corrected chi connectivity index (χ4v) is 3.10. The molecule has 0 aliphatic carbocycles. The van der Waals surface area contributed by atoms with Crippen LogP contribution in [0.15, 0.2) is 66.9 Å². The van der Waals surface area contributed by atoms with Gasteiger partial charge in [0.2, 0.25) is 5.69 Å². The number of pyridine rings is 1. The van der Waals surface area contributed by atoms with Crippen LogP contribution in [0.25, 0.3) is 22.4 Å². The first kappa shape index (κ1) is 14.9. The van der Waals surface area contributed by atoms with Gasteiger partial charge in [0.15, 0.2) is 6.20 Å². The van der Waals surface area contributed by atoms with E-state index in [1.807, 2.05) is 45.0 Å². The summed E-state index contributed by atoms with van der Waals surface area (Å²) in [6.07, 6.45) is 0.764. The van der Waals surface area contributed by atoms with E-state index in [0.29, 0.717) is 0 Å². The standard InChI is InChI=1S/C24H28N/c1-18-8-6-7-9-22(18)23-15-14-21(17-25(23)5)20-12-10-19(11-13-20)16-24(2,3)4/h6-15,17H,16H2,1-5H3/q+1/i16D2. The Hall–Kier alpha value is -2.41.